The minimum atomic E-state index is -5.30. The molecule has 6 nitrogen and oxygen atoms in total. The molecule has 0 aliphatic heterocycles. The second kappa shape index (κ2) is 7.66. The third kappa shape index (κ3) is 16.5. The Kier molecular flexibility index (Phi) is 13.8. The van der Waals surface area contributed by atoms with Crippen molar-refractivity contribution in [2.75, 3.05) is 0 Å². The van der Waals surface area contributed by atoms with Crippen LogP contribution in [0.1, 0.15) is 0 Å². The molecule has 48 valence electrons. The van der Waals surface area contributed by atoms with E-state index in [1.807, 2.05) is 0 Å². The molecule has 0 aromatic carbocycles. The molecule has 0 rings (SSSR count). The maximum absolute atomic E-state index is 9.32. The monoisotopic (exact) mass is 218 g/mol. The molecular formula is CaNaO6PSi. The average molecular weight is 218 g/mol. The minimum absolute atomic E-state index is 0. The fourth-order valence-corrected chi connectivity index (χ4v) is 0.822. The van der Waals surface area contributed by atoms with Gasteiger partial charge in [0.05, 0.1) is 0 Å². The molecule has 0 spiro atoms. The van der Waals surface area contributed by atoms with Crippen LogP contribution in [0.3, 0.4) is 0 Å². The summed E-state index contributed by atoms with van der Waals surface area (Å²) in [4.78, 5) is 27.9. The molecule has 0 unspecified atom stereocenters. The van der Waals surface area contributed by atoms with Crippen LogP contribution in [0.5, 0.6) is 0 Å². The molecule has 10 heteroatoms. The Morgan fingerprint density at radius 1 is 1.40 bits per heavy atom. The van der Waals surface area contributed by atoms with E-state index in [9.17, 15) is 23.6 Å². The Bertz CT molecular complexity index is 141. The summed E-state index contributed by atoms with van der Waals surface area (Å²) in [6.07, 6.45) is 0. The van der Waals surface area contributed by atoms with Crippen LogP contribution >= 0.6 is 7.82 Å². The fraction of sp³-hybridized carbons (Fsp3) is 0. The molecular weight excluding hydrogens is 218 g/mol. The standard InChI is InChI=1S/Ca.Na.H2O6PSi/c;;1-7(2,3)6-8(4)5/h;;(H2,1,2,3)/q+2;+1;-1/p-2. The van der Waals surface area contributed by atoms with E-state index in [2.05, 4.69) is 4.21 Å². The summed E-state index contributed by atoms with van der Waals surface area (Å²) in [5.74, 6) is 0. The van der Waals surface area contributed by atoms with E-state index in [0.29, 0.717) is 0 Å². The summed E-state index contributed by atoms with van der Waals surface area (Å²) >= 11 is 0. The van der Waals surface area contributed by atoms with Crippen molar-refractivity contribution in [2.24, 2.45) is 0 Å². The van der Waals surface area contributed by atoms with Crippen LogP contribution in [0, 0.1) is 0 Å². The third-order valence-corrected chi connectivity index (χ3v) is 1.68. The molecule has 0 aliphatic carbocycles. The van der Waals surface area contributed by atoms with Gasteiger partial charge in [0.25, 0.3) is 0 Å². The first-order chi connectivity index (χ1) is 3.42. The van der Waals surface area contributed by atoms with E-state index in [1.165, 1.54) is 0 Å². The van der Waals surface area contributed by atoms with Crippen molar-refractivity contribution >= 4 is 54.7 Å². The maximum Gasteiger partial charge on any atom is 2.00 e. The van der Waals surface area contributed by atoms with Gasteiger partial charge in [-0.2, -0.15) is 0 Å². The van der Waals surface area contributed by atoms with Gasteiger partial charge in [0.15, 0.2) is 0 Å². The SMILES string of the molecule is O=[Si]([O-])OP(=O)([O-])[O-].[Ca+2].[Na+]. The molecule has 0 saturated heterocycles. The van der Waals surface area contributed by atoms with E-state index in [4.69, 9.17) is 0 Å². The van der Waals surface area contributed by atoms with Gasteiger partial charge in [0.2, 0.25) is 0 Å². The minimum Gasteiger partial charge on any atom is -0.796 e. The van der Waals surface area contributed by atoms with Gasteiger partial charge in [-0.1, -0.05) is 0 Å². The zero-order valence-corrected chi connectivity index (χ0v) is 11.2. The number of phosphoric acid groups is 1. The molecule has 0 amide bonds. The zero-order valence-electron chi connectivity index (χ0n) is 5.10. The Morgan fingerprint density at radius 2 is 1.70 bits per heavy atom. The summed E-state index contributed by atoms with van der Waals surface area (Å²) in [7, 11) is -9.18. The maximum atomic E-state index is 9.32. The molecule has 0 fully saturated rings. The molecule has 10 heavy (non-hydrogen) atoms. The van der Waals surface area contributed by atoms with Crippen LogP contribution in [0.4, 0.5) is 0 Å². The first kappa shape index (κ1) is 17.9. The van der Waals surface area contributed by atoms with Gasteiger partial charge in [-0.3, -0.25) is 0 Å². The number of hydrogen-bond acceptors (Lipinski definition) is 6. The molecule has 0 heterocycles. The smallest absolute Gasteiger partial charge is 0.796 e. The summed E-state index contributed by atoms with van der Waals surface area (Å²) in [5, 5.41) is 0. The summed E-state index contributed by atoms with van der Waals surface area (Å²) in [6.45, 7) is 0. The molecule has 0 saturated carbocycles. The average Bonchev–Trinajstić information content (AvgIpc) is 1.21. The van der Waals surface area contributed by atoms with Gasteiger partial charge in [-0.15, -0.1) is 0 Å². The van der Waals surface area contributed by atoms with Crippen LogP contribution in [0.15, 0.2) is 0 Å². The Balaban J connectivity index is -0.000000245. The summed E-state index contributed by atoms with van der Waals surface area (Å²) < 4.78 is 21.5. The molecule has 0 bridgehead atoms. The van der Waals surface area contributed by atoms with Crippen molar-refractivity contribution in [2.45, 2.75) is 0 Å². The van der Waals surface area contributed by atoms with Crippen LogP contribution in [-0.4, -0.2) is 46.9 Å². The first-order valence-corrected chi connectivity index (χ1v) is 4.03. The van der Waals surface area contributed by atoms with Crippen LogP contribution in [0.25, 0.3) is 0 Å². The molecule has 0 atom stereocenters. The van der Waals surface area contributed by atoms with E-state index >= 15 is 0 Å². The van der Waals surface area contributed by atoms with Crippen LogP contribution in [0.2, 0.25) is 0 Å². The quantitative estimate of drug-likeness (QED) is 0.336. The molecule has 0 radical (unpaired) electrons. The number of rotatable bonds is 2. The van der Waals surface area contributed by atoms with Crippen molar-refractivity contribution < 1.29 is 57.4 Å². The second-order valence-corrected chi connectivity index (χ2v) is 2.91. The predicted octanol–water partition coefficient (Wildman–Crippen LogP) is -6.77. The predicted molar refractivity (Wildman–Crippen MR) is 20.9 cm³/mol. The van der Waals surface area contributed by atoms with Crippen molar-refractivity contribution in [3.8, 4) is 0 Å². The Morgan fingerprint density at radius 3 is 1.70 bits per heavy atom. The number of hydrogen-bond donors (Lipinski definition) is 0. The Labute approximate surface area is 110 Å². The van der Waals surface area contributed by atoms with Crippen LogP contribution < -0.4 is 44.1 Å². The van der Waals surface area contributed by atoms with Crippen molar-refractivity contribution in [1.82, 2.24) is 0 Å². The van der Waals surface area contributed by atoms with Gasteiger partial charge in [-0.25, -0.2) is 0 Å². The largest absolute Gasteiger partial charge is 2.00 e. The van der Waals surface area contributed by atoms with Gasteiger partial charge < -0.3 is 27.8 Å². The van der Waals surface area contributed by atoms with E-state index in [1.54, 1.807) is 0 Å². The molecule has 0 aromatic heterocycles. The summed E-state index contributed by atoms with van der Waals surface area (Å²) in [5.41, 5.74) is 0. The fourth-order valence-electron chi connectivity index (χ4n) is 0.0913. The van der Waals surface area contributed by atoms with Gasteiger partial charge in [0, 0.05) is 7.82 Å². The van der Waals surface area contributed by atoms with Gasteiger partial charge in [-0.05, 0) is 0 Å². The van der Waals surface area contributed by atoms with Crippen molar-refractivity contribution in [3.05, 3.63) is 0 Å². The van der Waals surface area contributed by atoms with Crippen LogP contribution in [-0.2, 0) is 13.2 Å². The van der Waals surface area contributed by atoms with E-state index < -0.39 is 17.0 Å². The van der Waals surface area contributed by atoms with Gasteiger partial charge in [0.1, 0.15) is 0 Å². The zero-order chi connectivity index (χ0) is 6.78. The Hall–Kier alpha value is 2.03. The topological polar surface area (TPSA) is 113 Å². The molecule has 0 aromatic rings. The molecule has 0 aliphatic rings. The van der Waals surface area contributed by atoms with Crippen molar-refractivity contribution in [1.29, 1.82) is 0 Å². The second-order valence-electron chi connectivity index (χ2n) is 0.789. The summed E-state index contributed by atoms with van der Waals surface area (Å²) in [6, 6.07) is 0. The third-order valence-electron chi connectivity index (χ3n) is 0.186. The van der Waals surface area contributed by atoms with Gasteiger partial charge >= 0.3 is 76.5 Å². The first-order valence-electron chi connectivity index (χ1n) is 1.34. The molecule has 0 N–H and O–H groups in total. The van der Waals surface area contributed by atoms with Crippen molar-refractivity contribution in [3.63, 3.8) is 0 Å². The van der Waals surface area contributed by atoms with E-state index in [-0.39, 0.29) is 67.3 Å². The van der Waals surface area contributed by atoms with E-state index in [0.717, 1.165) is 0 Å². The normalized spacial score (nSPS) is 8.60.